The number of hydrogen-bond acceptors (Lipinski definition) is 4. The van der Waals surface area contributed by atoms with Gasteiger partial charge in [0.05, 0.1) is 19.1 Å². The van der Waals surface area contributed by atoms with Crippen LogP contribution in [0, 0.1) is 5.92 Å². The van der Waals surface area contributed by atoms with E-state index in [-0.39, 0.29) is 11.9 Å². The lowest BCUT2D eigenvalue weighted by Gasteiger charge is -2.26. The van der Waals surface area contributed by atoms with E-state index in [0.29, 0.717) is 11.9 Å². The second-order valence-corrected chi connectivity index (χ2v) is 4.81. The summed E-state index contributed by atoms with van der Waals surface area (Å²) in [5.74, 6) is 1.17. The summed E-state index contributed by atoms with van der Waals surface area (Å²) < 4.78 is 15.7. The normalized spacial score (nSPS) is 22.8. The summed E-state index contributed by atoms with van der Waals surface area (Å²) >= 11 is 0. The minimum atomic E-state index is -0.139. The van der Waals surface area contributed by atoms with Crippen molar-refractivity contribution < 1.29 is 19.0 Å². The van der Waals surface area contributed by atoms with Gasteiger partial charge in [0.1, 0.15) is 11.5 Å². The van der Waals surface area contributed by atoms with E-state index in [1.807, 2.05) is 0 Å². The Hall–Kier alpha value is -1.55. The first-order chi connectivity index (χ1) is 9.22. The molecule has 0 radical (unpaired) electrons. The van der Waals surface area contributed by atoms with E-state index < -0.39 is 0 Å². The van der Waals surface area contributed by atoms with E-state index in [1.54, 1.807) is 38.5 Å². The van der Waals surface area contributed by atoms with E-state index in [4.69, 9.17) is 14.2 Å². The van der Waals surface area contributed by atoms with Crippen LogP contribution in [0.4, 0.5) is 0 Å². The molecule has 0 unspecified atom stereocenters. The molecule has 1 fully saturated rings. The first-order valence-electron chi connectivity index (χ1n) is 6.61. The predicted octanol–water partition coefficient (Wildman–Crippen LogP) is 2.81. The first-order valence-corrected chi connectivity index (χ1v) is 6.61. The zero-order valence-electron chi connectivity index (χ0n) is 11.4. The fraction of sp³-hybridized carbons (Fsp3) is 0.533. The standard InChI is InChI=1S/C15H20O4/c1-17-12-5-3-11(4-6-12)15(16)19-14-9-7-13(18-2)8-10-14/h7-12H,3-6H2,1-2H3. The van der Waals surface area contributed by atoms with Crippen LogP contribution in [0.2, 0.25) is 0 Å². The van der Waals surface area contributed by atoms with Crippen molar-refractivity contribution in [3.63, 3.8) is 0 Å². The maximum Gasteiger partial charge on any atom is 0.314 e. The lowest BCUT2D eigenvalue weighted by molar-refractivity contribution is -0.140. The quantitative estimate of drug-likeness (QED) is 0.619. The third kappa shape index (κ3) is 3.70. The van der Waals surface area contributed by atoms with Gasteiger partial charge in [-0.05, 0) is 49.9 Å². The van der Waals surface area contributed by atoms with E-state index in [1.165, 1.54) is 0 Å². The molecule has 0 N–H and O–H groups in total. The maximum atomic E-state index is 12.0. The average Bonchev–Trinajstić information content (AvgIpc) is 2.48. The van der Waals surface area contributed by atoms with Crippen molar-refractivity contribution in [1.29, 1.82) is 0 Å². The smallest absolute Gasteiger partial charge is 0.314 e. The van der Waals surface area contributed by atoms with Crippen molar-refractivity contribution in [3.8, 4) is 11.5 Å². The van der Waals surface area contributed by atoms with Crippen molar-refractivity contribution in [1.82, 2.24) is 0 Å². The Bertz CT molecular complexity index is 405. The summed E-state index contributed by atoms with van der Waals surface area (Å²) in [5.41, 5.74) is 0. The van der Waals surface area contributed by atoms with Crippen LogP contribution in [0.5, 0.6) is 11.5 Å². The zero-order chi connectivity index (χ0) is 13.7. The van der Waals surface area contributed by atoms with Gasteiger partial charge in [-0.3, -0.25) is 4.79 Å². The van der Waals surface area contributed by atoms with Crippen LogP contribution in [0.1, 0.15) is 25.7 Å². The van der Waals surface area contributed by atoms with Crippen molar-refractivity contribution in [2.75, 3.05) is 14.2 Å². The molecule has 4 heteroatoms. The van der Waals surface area contributed by atoms with Gasteiger partial charge in [-0.25, -0.2) is 0 Å². The molecular weight excluding hydrogens is 244 g/mol. The molecule has 1 aliphatic rings. The second kappa shape index (κ2) is 6.57. The molecule has 0 heterocycles. The highest BCUT2D eigenvalue weighted by Gasteiger charge is 2.27. The molecule has 0 atom stereocenters. The Morgan fingerprint density at radius 3 is 2.11 bits per heavy atom. The molecule has 104 valence electrons. The van der Waals surface area contributed by atoms with Crippen molar-refractivity contribution in [3.05, 3.63) is 24.3 Å². The van der Waals surface area contributed by atoms with Crippen LogP contribution in [0.25, 0.3) is 0 Å². The van der Waals surface area contributed by atoms with E-state index in [0.717, 1.165) is 31.4 Å². The fourth-order valence-electron chi connectivity index (χ4n) is 2.38. The summed E-state index contributed by atoms with van der Waals surface area (Å²) in [5, 5.41) is 0. The van der Waals surface area contributed by atoms with Gasteiger partial charge in [0, 0.05) is 7.11 Å². The molecule has 0 aromatic heterocycles. The van der Waals surface area contributed by atoms with Crippen LogP contribution < -0.4 is 9.47 Å². The first kappa shape index (κ1) is 13.9. The molecule has 0 bridgehead atoms. The average molecular weight is 264 g/mol. The molecule has 1 aromatic carbocycles. The molecule has 1 aromatic rings. The van der Waals surface area contributed by atoms with Crippen LogP contribution in [-0.2, 0) is 9.53 Å². The Balaban J connectivity index is 1.86. The maximum absolute atomic E-state index is 12.0. The van der Waals surface area contributed by atoms with Gasteiger partial charge in [-0.2, -0.15) is 0 Å². The van der Waals surface area contributed by atoms with Gasteiger partial charge in [0.25, 0.3) is 0 Å². The van der Waals surface area contributed by atoms with Crippen LogP contribution in [0.3, 0.4) is 0 Å². The molecular formula is C15H20O4. The van der Waals surface area contributed by atoms with E-state index in [2.05, 4.69) is 0 Å². The number of benzene rings is 1. The second-order valence-electron chi connectivity index (χ2n) is 4.81. The van der Waals surface area contributed by atoms with Crippen molar-refractivity contribution in [2.45, 2.75) is 31.8 Å². The van der Waals surface area contributed by atoms with Crippen LogP contribution in [0.15, 0.2) is 24.3 Å². The minimum Gasteiger partial charge on any atom is -0.497 e. The van der Waals surface area contributed by atoms with Gasteiger partial charge in [0.15, 0.2) is 0 Å². The molecule has 0 amide bonds. The molecule has 1 saturated carbocycles. The van der Waals surface area contributed by atoms with Crippen molar-refractivity contribution in [2.24, 2.45) is 5.92 Å². The number of methoxy groups -OCH3 is 2. The minimum absolute atomic E-state index is 0.00602. The fourth-order valence-corrected chi connectivity index (χ4v) is 2.38. The highest BCUT2D eigenvalue weighted by atomic mass is 16.5. The summed E-state index contributed by atoms with van der Waals surface area (Å²) in [7, 11) is 3.33. The molecule has 0 saturated heterocycles. The molecule has 0 aliphatic heterocycles. The number of rotatable bonds is 4. The summed E-state index contributed by atoms with van der Waals surface area (Å²) in [4.78, 5) is 12.0. The summed E-state index contributed by atoms with van der Waals surface area (Å²) in [6.07, 6.45) is 3.84. The Morgan fingerprint density at radius 2 is 1.58 bits per heavy atom. The van der Waals surface area contributed by atoms with E-state index in [9.17, 15) is 4.79 Å². The van der Waals surface area contributed by atoms with Gasteiger partial charge in [0.2, 0.25) is 0 Å². The monoisotopic (exact) mass is 264 g/mol. The highest BCUT2D eigenvalue weighted by Crippen LogP contribution is 2.27. The van der Waals surface area contributed by atoms with Gasteiger partial charge in [-0.1, -0.05) is 0 Å². The Morgan fingerprint density at radius 1 is 1.00 bits per heavy atom. The third-order valence-corrected chi connectivity index (χ3v) is 3.62. The number of ether oxygens (including phenoxy) is 3. The lowest BCUT2D eigenvalue weighted by atomic mass is 9.87. The number of carbonyl (C=O) groups excluding carboxylic acids is 1. The van der Waals surface area contributed by atoms with Crippen LogP contribution in [-0.4, -0.2) is 26.3 Å². The molecule has 2 rings (SSSR count). The predicted molar refractivity (Wildman–Crippen MR) is 71.4 cm³/mol. The van der Waals surface area contributed by atoms with Crippen LogP contribution >= 0.6 is 0 Å². The SMILES string of the molecule is COc1ccc(OC(=O)C2CCC(OC)CC2)cc1. The molecule has 1 aliphatic carbocycles. The molecule has 19 heavy (non-hydrogen) atoms. The third-order valence-electron chi connectivity index (χ3n) is 3.62. The topological polar surface area (TPSA) is 44.8 Å². The highest BCUT2D eigenvalue weighted by molar-refractivity contribution is 5.75. The summed E-state index contributed by atoms with van der Waals surface area (Å²) in [6.45, 7) is 0. The van der Waals surface area contributed by atoms with Gasteiger partial charge >= 0.3 is 5.97 Å². The van der Waals surface area contributed by atoms with E-state index >= 15 is 0 Å². The Labute approximate surface area is 113 Å². The number of carbonyl (C=O) groups is 1. The van der Waals surface area contributed by atoms with Crippen molar-refractivity contribution >= 4 is 5.97 Å². The molecule has 0 spiro atoms. The zero-order valence-corrected chi connectivity index (χ0v) is 11.4. The Kier molecular flexibility index (Phi) is 4.80. The van der Waals surface area contributed by atoms with Gasteiger partial charge in [-0.15, -0.1) is 0 Å². The lowest BCUT2D eigenvalue weighted by Crippen LogP contribution is -2.28. The molecule has 4 nitrogen and oxygen atoms in total. The van der Waals surface area contributed by atoms with Gasteiger partial charge < -0.3 is 14.2 Å². The summed E-state index contributed by atoms with van der Waals surface area (Å²) in [6, 6.07) is 7.06. The number of esters is 1. The largest absolute Gasteiger partial charge is 0.497 e. The number of hydrogen-bond donors (Lipinski definition) is 0.